The lowest BCUT2D eigenvalue weighted by atomic mass is 9.59. The highest BCUT2D eigenvalue weighted by atomic mass is 16.2. The lowest BCUT2D eigenvalue weighted by Gasteiger charge is -2.45. The molecule has 0 unspecified atom stereocenters. The van der Waals surface area contributed by atoms with Gasteiger partial charge in [0.15, 0.2) is 0 Å². The maximum absolute atomic E-state index is 12.4. The Labute approximate surface area is 170 Å². The number of amides is 3. The third-order valence-corrected chi connectivity index (χ3v) is 6.70. The zero-order chi connectivity index (χ0) is 20.0. The quantitative estimate of drug-likeness (QED) is 0.801. The van der Waals surface area contributed by atoms with E-state index in [9.17, 15) is 14.4 Å². The Morgan fingerprint density at radius 3 is 2.03 bits per heavy atom. The highest BCUT2D eigenvalue weighted by molar-refractivity contribution is 6.02. The number of nitrogens with zero attached hydrogens (tertiary/aromatic N) is 1. The van der Waals surface area contributed by atoms with Crippen molar-refractivity contribution in [3.05, 3.63) is 70.8 Å². The van der Waals surface area contributed by atoms with Crippen LogP contribution in [0.15, 0.2) is 48.5 Å². The first-order chi connectivity index (χ1) is 14.1. The SMILES string of the molecule is O=C(CCN1C(=O)CCC1=O)NC[C@H]1CC2c3ccccc3C1c1ccccc12. The molecule has 5 heteroatoms. The van der Waals surface area contributed by atoms with Crippen molar-refractivity contribution < 1.29 is 14.4 Å². The van der Waals surface area contributed by atoms with Crippen molar-refractivity contribution in [3.63, 3.8) is 0 Å². The van der Waals surface area contributed by atoms with Crippen LogP contribution in [0, 0.1) is 5.92 Å². The minimum absolute atomic E-state index is 0.0967. The van der Waals surface area contributed by atoms with Gasteiger partial charge in [0.1, 0.15) is 0 Å². The molecule has 1 heterocycles. The molecule has 4 aliphatic rings. The van der Waals surface area contributed by atoms with Gasteiger partial charge in [-0.1, -0.05) is 48.5 Å². The van der Waals surface area contributed by atoms with Crippen molar-refractivity contribution >= 4 is 17.7 Å². The van der Waals surface area contributed by atoms with Gasteiger partial charge < -0.3 is 5.32 Å². The van der Waals surface area contributed by atoms with Crippen molar-refractivity contribution in [2.24, 2.45) is 5.92 Å². The number of carbonyl (C=O) groups excluding carboxylic acids is 3. The normalized spacial score (nSPS) is 24.4. The van der Waals surface area contributed by atoms with E-state index in [1.165, 1.54) is 27.2 Å². The van der Waals surface area contributed by atoms with E-state index in [1.807, 2.05) is 0 Å². The molecule has 2 aromatic carbocycles. The van der Waals surface area contributed by atoms with Gasteiger partial charge >= 0.3 is 0 Å². The molecule has 6 rings (SSSR count). The van der Waals surface area contributed by atoms with Crippen molar-refractivity contribution in [2.75, 3.05) is 13.1 Å². The van der Waals surface area contributed by atoms with Crippen LogP contribution in [-0.2, 0) is 14.4 Å². The average molecular weight is 388 g/mol. The molecular weight excluding hydrogens is 364 g/mol. The molecule has 2 bridgehead atoms. The topological polar surface area (TPSA) is 66.5 Å². The lowest BCUT2D eigenvalue weighted by Crippen LogP contribution is -2.40. The first kappa shape index (κ1) is 18.1. The average Bonchev–Trinajstić information content (AvgIpc) is 3.08. The molecule has 3 aliphatic carbocycles. The van der Waals surface area contributed by atoms with Crippen LogP contribution in [0.1, 0.15) is 59.8 Å². The van der Waals surface area contributed by atoms with E-state index in [0.717, 1.165) is 6.42 Å². The Hall–Kier alpha value is -2.95. The Balaban J connectivity index is 1.28. The predicted molar refractivity (Wildman–Crippen MR) is 108 cm³/mol. The van der Waals surface area contributed by atoms with Crippen LogP contribution >= 0.6 is 0 Å². The monoisotopic (exact) mass is 388 g/mol. The second-order valence-electron chi connectivity index (χ2n) is 8.28. The van der Waals surface area contributed by atoms with Crippen LogP contribution in [0.5, 0.6) is 0 Å². The summed E-state index contributed by atoms with van der Waals surface area (Å²) in [5.74, 6) is 0.606. The van der Waals surface area contributed by atoms with Crippen LogP contribution in [0.4, 0.5) is 0 Å². The summed E-state index contributed by atoms with van der Waals surface area (Å²) in [6, 6.07) is 17.3. The van der Waals surface area contributed by atoms with Gasteiger partial charge in [0.2, 0.25) is 17.7 Å². The largest absolute Gasteiger partial charge is 0.356 e. The minimum Gasteiger partial charge on any atom is -0.356 e. The molecule has 1 atom stereocenters. The number of hydrogen-bond acceptors (Lipinski definition) is 3. The molecule has 0 saturated carbocycles. The Morgan fingerprint density at radius 2 is 1.45 bits per heavy atom. The van der Waals surface area contributed by atoms with Crippen molar-refractivity contribution in [1.82, 2.24) is 10.2 Å². The van der Waals surface area contributed by atoms with E-state index in [4.69, 9.17) is 0 Å². The second-order valence-corrected chi connectivity index (χ2v) is 8.28. The van der Waals surface area contributed by atoms with Gasteiger partial charge in [-0.3, -0.25) is 19.3 Å². The minimum atomic E-state index is -0.166. The van der Waals surface area contributed by atoms with Crippen molar-refractivity contribution in [3.8, 4) is 0 Å². The molecule has 2 aromatic rings. The fourth-order valence-electron chi connectivity index (χ4n) is 5.38. The Kier molecular flexibility index (Phi) is 4.46. The fraction of sp³-hybridized carbons (Fsp3) is 0.375. The fourth-order valence-corrected chi connectivity index (χ4v) is 5.38. The van der Waals surface area contributed by atoms with E-state index in [1.54, 1.807) is 0 Å². The van der Waals surface area contributed by atoms with E-state index in [-0.39, 0.29) is 43.5 Å². The Bertz CT molecular complexity index is 936. The molecule has 1 aliphatic heterocycles. The van der Waals surface area contributed by atoms with Gasteiger partial charge in [-0.25, -0.2) is 0 Å². The van der Waals surface area contributed by atoms with Gasteiger partial charge in [0.05, 0.1) is 0 Å². The lowest BCUT2D eigenvalue weighted by molar-refractivity contribution is -0.138. The maximum Gasteiger partial charge on any atom is 0.229 e. The summed E-state index contributed by atoms with van der Waals surface area (Å²) in [5, 5.41) is 3.06. The van der Waals surface area contributed by atoms with Gasteiger partial charge in [-0.15, -0.1) is 0 Å². The highest BCUT2D eigenvalue weighted by Gasteiger charge is 2.42. The molecule has 0 aromatic heterocycles. The molecule has 3 amide bonds. The molecule has 0 spiro atoms. The number of carbonyl (C=O) groups is 3. The van der Waals surface area contributed by atoms with Gasteiger partial charge in [0.25, 0.3) is 0 Å². The van der Waals surface area contributed by atoms with Crippen LogP contribution in [-0.4, -0.2) is 35.7 Å². The molecular formula is C24H24N2O3. The maximum atomic E-state index is 12.4. The second kappa shape index (κ2) is 7.14. The number of benzene rings is 2. The van der Waals surface area contributed by atoms with E-state index >= 15 is 0 Å². The predicted octanol–water partition coefficient (Wildman–Crippen LogP) is 2.94. The third kappa shape index (κ3) is 3.05. The van der Waals surface area contributed by atoms with Crippen LogP contribution in [0.3, 0.4) is 0 Å². The number of fused-ring (bicyclic) bond motifs is 1. The smallest absolute Gasteiger partial charge is 0.229 e. The number of hydrogen-bond donors (Lipinski definition) is 1. The van der Waals surface area contributed by atoms with Crippen LogP contribution in [0.25, 0.3) is 0 Å². The summed E-state index contributed by atoms with van der Waals surface area (Å²) >= 11 is 0. The first-order valence-electron chi connectivity index (χ1n) is 10.4. The summed E-state index contributed by atoms with van der Waals surface area (Å²) < 4.78 is 0. The standard InChI is InChI=1S/C24H24N2O3/c27-21(11-12-26-22(28)9-10-23(26)29)25-14-15-13-20-16-5-1-3-7-18(16)24(15)19-8-4-2-6-17(19)20/h1-8,15,20,24H,9-14H2,(H,25,27)/t15-,20?,24?/m1/s1. The van der Waals surface area contributed by atoms with Gasteiger partial charge in [0, 0.05) is 44.2 Å². The molecule has 0 radical (unpaired) electrons. The number of rotatable bonds is 5. The summed E-state index contributed by atoms with van der Waals surface area (Å²) in [7, 11) is 0. The molecule has 5 nitrogen and oxygen atoms in total. The number of likely N-dealkylation sites (tertiary alicyclic amines) is 1. The van der Waals surface area contributed by atoms with Crippen LogP contribution < -0.4 is 5.32 Å². The van der Waals surface area contributed by atoms with E-state index in [2.05, 4.69) is 53.8 Å². The van der Waals surface area contributed by atoms with E-state index < -0.39 is 0 Å². The molecule has 148 valence electrons. The Morgan fingerprint density at radius 1 is 0.897 bits per heavy atom. The summed E-state index contributed by atoms with van der Waals surface area (Å²) in [6.07, 6.45) is 1.74. The van der Waals surface area contributed by atoms with Crippen molar-refractivity contribution in [2.45, 2.75) is 37.5 Å². The van der Waals surface area contributed by atoms with Gasteiger partial charge in [-0.2, -0.15) is 0 Å². The molecule has 29 heavy (non-hydrogen) atoms. The number of imide groups is 1. The van der Waals surface area contributed by atoms with Crippen molar-refractivity contribution in [1.29, 1.82) is 0 Å². The third-order valence-electron chi connectivity index (χ3n) is 6.70. The summed E-state index contributed by atoms with van der Waals surface area (Å²) in [4.78, 5) is 37.0. The molecule has 1 fully saturated rings. The summed E-state index contributed by atoms with van der Waals surface area (Å²) in [6.45, 7) is 0.802. The van der Waals surface area contributed by atoms with Crippen LogP contribution in [0.2, 0.25) is 0 Å². The zero-order valence-corrected chi connectivity index (χ0v) is 16.3. The van der Waals surface area contributed by atoms with Gasteiger partial charge in [-0.05, 0) is 34.6 Å². The summed E-state index contributed by atoms with van der Waals surface area (Å²) in [5.41, 5.74) is 5.61. The molecule has 1 saturated heterocycles. The first-order valence-corrected chi connectivity index (χ1v) is 10.4. The van der Waals surface area contributed by atoms with E-state index in [0.29, 0.717) is 24.3 Å². The molecule has 1 N–H and O–H groups in total. The highest BCUT2D eigenvalue weighted by Crippen LogP contribution is 2.55. The number of nitrogens with one attached hydrogen (secondary N) is 1. The zero-order valence-electron chi connectivity index (χ0n) is 16.3.